The highest BCUT2D eigenvalue weighted by Gasteiger charge is 2.22. The van der Waals surface area contributed by atoms with Crippen molar-refractivity contribution in [3.63, 3.8) is 0 Å². The van der Waals surface area contributed by atoms with Crippen molar-refractivity contribution >= 4 is 5.91 Å². The number of aryl methyl sites for hydroxylation is 2. The molecule has 1 aliphatic heterocycles. The summed E-state index contributed by atoms with van der Waals surface area (Å²) in [7, 11) is 0. The van der Waals surface area contributed by atoms with Gasteiger partial charge < -0.3 is 5.32 Å². The molecule has 1 fully saturated rings. The molecule has 25 heavy (non-hydrogen) atoms. The Morgan fingerprint density at radius 3 is 2.76 bits per heavy atom. The lowest BCUT2D eigenvalue weighted by atomic mass is 10.0. The molecule has 0 unspecified atom stereocenters. The molecular weight excluding hydrogens is 319 g/mol. The molecular formula is C19H23FN4O. The van der Waals surface area contributed by atoms with Crippen LogP contribution in [0.3, 0.4) is 0 Å². The maximum Gasteiger partial charge on any atom is 0.254 e. The zero-order chi connectivity index (χ0) is 17.8. The Morgan fingerprint density at radius 2 is 2.08 bits per heavy atom. The number of nitrogens with zero attached hydrogens (tertiary/aromatic N) is 3. The second-order valence-corrected chi connectivity index (χ2v) is 6.57. The summed E-state index contributed by atoms with van der Waals surface area (Å²) in [4.78, 5) is 23.1. The number of piperidine rings is 1. The van der Waals surface area contributed by atoms with Gasteiger partial charge in [-0.15, -0.1) is 0 Å². The van der Waals surface area contributed by atoms with Gasteiger partial charge in [0.2, 0.25) is 0 Å². The van der Waals surface area contributed by atoms with Crippen LogP contribution in [0.1, 0.15) is 40.3 Å². The first kappa shape index (κ1) is 17.5. The number of carbonyl (C=O) groups excluding carboxylic acids is 1. The molecule has 0 atom stereocenters. The fourth-order valence-corrected chi connectivity index (χ4v) is 3.20. The molecule has 1 aromatic heterocycles. The van der Waals surface area contributed by atoms with Crippen LogP contribution in [-0.2, 0) is 6.54 Å². The van der Waals surface area contributed by atoms with Gasteiger partial charge in [0.25, 0.3) is 5.91 Å². The largest absolute Gasteiger partial charge is 0.349 e. The molecule has 1 N–H and O–H groups in total. The maximum atomic E-state index is 13.3. The number of nitrogens with one attached hydrogen (secondary N) is 1. The highest BCUT2D eigenvalue weighted by molar-refractivity contribution is 5.95. The van der Waals surface area contributed by atoms with Crippen molar-refractivity contribution in [2.24, 2.45) is 0 Å². The number of carbonyl (C=O) groups is 1. The summed E-state index contributed by atoms with van der Waals surface area (Å²) in [6.45, 7) is 6.13. The second-order valence-electron chi connectivity index (χ2n) is 6.57. The van der Waals surface area contributed by atoms with E-state index >= 15 is 0 Å². The summed E-state index contributed by atoms with van der Waals surface area (Å²) >= 11 is 0. The molecule has 0 spiro atoms. The Balaban J connectivity index is 1.51. The lowest BCUT2D eigenvalue weighted by molar-refractivity contribution is 0.0907. The first-order valence-corrected chi connectivity index (χ1v) is 8.59. The lowest BCUT2D eigenvalue weighted by Gasteiger charge is -2.32. The Bertz CT molecular complexity index is 757. The van der Waals surface area contributed by atoms with Gasteiger partial charge in [0.1, 0.15) is 11.6 Å². The lowest BCUT2D eigenvalue weighted by Crippen LogP contribution is -2.44. The molecule has 6 heteroatoms. The normalized spacial score (nSPS) is 16.0. The van der Waals surface area contributed by atoms with Crippen LogP contribution in [0, 0.1) is 19.7 Å². The van der Waals surface area contributed by atoms with Gasteiger partial charge in [-0.3, -0.25) is 9.69 Å². The Labute approximate surface area is 147 Å². The summed E-state index contributed by atoms with van der Waals surface area (Å²) < 4.78 is 13.3. The van der Waals surface area contributed by atoms with Gasteiger partial charge in [-0.05, 0) is 44.4 Å². The van der Waals surface area contributed by atoms with Crippen LogP contribution in [-0.4, -0.2) is 39.9 Å². The first-order chi connectivity index (χ1) is 12.0. The fourth-order valence-electron chi connectivity index (χ4n) is 3.20. The summed E-state index contributed by atoms with van der Waals surface area (Å²) in [6, 6.07) is 6.87. The van der Waals surface area contributed by atoms with Gasteiger partial charge in [-0.1, -0.05) is 12.1 Å². The van der Waals surface area contributed by atoms with Gasteiger partial charge in [0.15, 0.2) is 0 Å². The van der Waals surface area contributed by atoms with E-state index in [2.05, 4.69) is 20.2 Å². The minimum absolute atomic E-state index is 0.110. The summed E-state index contributed by atoms with van der Waals surface area (Å²) in [5.74, 6) is 0.358. The monoisotopic (exact) mass is 342 g/mol. The highest BCUT2D eigenvalue weighted by Crippen LogP contribution is 2.15. The van der Waals surface area contributed by atoms with Crippen LogP contribution in [0.15, 0.2) is 30.5 Å². The second kappa shape index (κ2) is 7.70. The smallest absolute Gasteiger partial charge is 0.254 e. The van der Waals surface area contributed by atoms with E-state index < -0.39 is 0 Å². The number of hydrogen-bond acceptors (Lipinski definition) is 4. The van der Waals surface area contributed by atoms with E-state index in [0.29, 0.717) is 17.1 Å². The molecule has 1 aliphatic rings. The third kappa shape index (κ3) is 4.60. The third-order valence-electron chi connectivity index (χ3n) is 4.56. The highest BCUT2D eigenvalue weighted by atomic mass is 19.1. The van der Waals surface area contributed by atoms with E-state index in [4.69, 9.17) is 0 Å². The molecule has 5 nitrogen and oxygen atoms in total. The van der Waals surface area contributed by atoms with Crippen molar-refractivity contribution in [1.82, 2.24) is 20.2 Å². The molecule has 1 saturated heterocycles. The summed E-state index contributed by atoms with van der Waals surface area (Å²) in [6.07, 6.45) is 3.35. The standard InChI is InChI=1S/C19H23FN4O/c1-13-18(11-21-14(2)22-13)19(25)23-17-6-8-24(9-7-17)12-15-4-3-5-16(20)10-15/h3-5,10-11,17H,6-9,12H2,1-2H3,(H,23,25). The van der Waals surface area contributed by atoms with E-state index in [1.165, 1.54) is 6.07 Å². The quantitative estimate of drug-likeness (QED) is 0.928. The van der Waals surface area contributed by atoms with E-state index in [-0.39, 0.29) is 17.8 Å². The number of rotatable bonds is 4. The van der Waals surface area contributed by atoms with E-state index in [1.54, 1.807) is 18.3 Å². The van der Waals surface area contributed by atoms with Crippen LogP contribution in [0.2, 0.25) is 0 Å². The van der Waals surface area contributed by atoms with Crippen LogP contribution >= 0.6 is 0 Å². The number of benzene rings is 1. The topological polar surface area (TPSA) is 58.1 Å². The van der Waals surface area contributed by atoms with Gasteiger partial charge in [0, 0.05) is 31.9 Å². The van der Waals surface area contributed by atoms with Gasteiger partial charge in [0.05, 0.1) is 11.3 Å². The van der Waals surface area contributed by atoms with Crippen LogP contribution in [0.25, 0.3) is 0 Å². The maximum absolute atomic E-state index is 13.3. The predicted octanol–water partition coefficient (Wildman–Crippen LogP) is 2.63. The average Bonchev–Trinajstić information content (AvgIpc) is 2.56. The molecule has 0 aliphatic carbocycles. The zero-order valence-corrected chi connectivity index (χ0v) is 14.6. The van der Waals surface area contributed by atoms with E-state index in [1.807, 2.05) is 19.9 Å². The zero-order valence-electron chi connectivity index (χ0n) is 14.6. The van der Waals surface area contributed by atoms with Crippen LogP contribution < -0.4 is 5.32 Å². The number of aromatic nitrogens is 2. The average molecular weight is 342 g/mol. The van der Waals surface area contributed by atoms with Gasteiger partial charge in [-0.2, -0.15) is 0 Å². The molecule has 2 aromatic rings. The predicted molar refractivity (Wildman–Crippen MR) is 93.7 cm³/mol. The van der Waals surface area contributed by atoms with Crippen molar-refractivity contribution in [3.05, 3.63) is 58.9 Å². The summed E-state index contributed by atoms with van der Waals surface area (Å²) in [5.41, 5.74) is 2.22. The molecule has 1 amide bonds. The molecule has 2 heterocycles. The van der Waals surface area contributed by atoms with Crippen molar-refractivity contribution in [1.29, 1.82) is 0 Å². The fraction of sp³-hybridized carbons (Fsp3) is 0.421. The first-order valence-electron chi connectivity index (χ1n) is 8.59. The summed E-state index contributed by atoms with van der Waals surface area (Å²) in [5, 5.41) is 3.08. The van der Waals surface area contributed by atoms with Crippen LogP contribution in [0.5, 0.6) is 0 Å². The Hall–Kier alpha value is -2.34. The number of hydrogen-bond donors (Lipinski definition) is 1. The van der Waals surface area contributed by atoms with E-state index in [9.17, 15) is 9.18 Å². The van der Waals surface area contributed by atoms with Crippen molar-refractivity contribution in [2.45, 2.75) is 39.3 Å². The third-order valence-corrected chi connectivity index (χ3v) is 4.56. The molecule has 0 saturated carbocycles. The Kier molecular flexibility index (Phi) is 5.38. The molecule has 0 radical (unpaired) electrons. The molecule has 132 valence electrons. The number of amides is 1. The van der Waals surface area contributed by atoms with Gasteiger partial charge >= 0.3 is 0 Å². The minimum Gasteiger partial charge on any atom is -0.349 e. The van der Waals surface area contributed by atoms with Crippen molar-refractivity contribution < 1.29 is 9.18 Å². The SMILES string of the molecule is Cc1ncc(C(=O)NC2CCN(Cc3cccc(F)c3)CC2)c(C)n1. The van der Waals surface area contributed by atoms with Crippen molar-refractivity contribution in [2.75, 3.05) is 13.1 Å². The minimum atomic E-state index is -0.199. The molecule has 1 aromatic carbocycles. The molecule has 3 rings (SSSR count). The molecule has 0 bridgehead atoms. The number of halogens is 1. The van der Waals surface area contributed by atoms with Gasteiger partial charge in [-0.25, -0.2) is 14.4 Å². The Morgan fingerprint density at radius 1 is 1.32 bits per heavy atom. The van der Waals surface area contributed by atoms with E-state index in [0.717, 1.165) is 38.0 Å². The van der Waals surface area contributed by atoms with Crippen molar-refractivity contribution in [3.8, 4) is 0 Å². The number of likely N-dealkylation sites (tertiary alicyclic amines) is 1. The van der Waals surface area contributed by atoms with Crippen LogP contribution in [0.4, 0.5) is 4.39 Å².